The highest BCUT2D eigenvalue weighted by Gasteiger charge is 2.10. The van der Waals surface area contributed by atoms with Crippen LogP contribution in [0.3, 0.4) is 0 Å². The molecule has 0 saturated heterocycles. The molecule has 1 unspecified atom stereocenters. The van der Waals surface area contributed by atoms with Gasteiger partial charge in [0, 0.05) is 33.7 Å². The Labute approximate surface area is 112 Å². The van der Waals surface area contributed by atoms with Crippen LogP contribution in [0.15, 0.2) is 34.4 Å². The van der Waals surface area contributed by atoms with E-state index in [1.54, 1.807) is 22.9 Å². The summed E-state index contributed by atoms with van der Waals surface area (Å²) in [6, 6.07) is 5.11. The van der Waals surface area contributed by atoms with Crippen LogP contribution in [-0.4, -0.2) is 4.98 Å². The first-order chi connectivity index (χ1) is 8.16. The number of halogens is 2. The third-order valence-electron chi connectivity index (χ3n) is 2.49. The SMILES string of the molecule is CC(NCc1cncs1)c1ccc(Br)cc1F. The highest BCUT2D eigenvalue weighted by atomic mass is 79.9. The van der Waals surface area contributed by atoms with Gasteiger partial charge in [0.2, 0.25) is 0 Å². The van der Waals surface area contributed by atoms with Gasteiger partial charge in [-0.2, -0.15) is 0 Å². The molecule has 0 aliphatic heterocycles. The predicted octanol–water partition coefficient (Wildman–Crippen LogP) is 3.90. The molecule has 0 fully saturated rings. The lowest BCUT2D eigenvalue weighted by atomic mass is 10.1. The molecule has 90 valence electrons. The molecule has 2 aromatic rings. The average molecular weight is 315 g/mol. The van der Waals surface area contributed by atoms with Gasteiger partial charge in [0.1, 0.15) is 5.82 Å². The van der Waals surface area contributed by atoms with Crippen molar-refractivity contribution < 1.29 is 4.39 Å². The van der Waals surface area contributed by atoms with Gasteiger partial charge in [-0.3, -0.25) is 4.98 Å². The number of benzene rings is 1. The molecule has 2 rings (SSSR count). The summed E-state index contributed by atoms with van der Waals surface area (Å²) in [6.07, 6.45) is 1.82. The fraction of sp³-hybridized carbons (Fsp3) is 0.250. The highest BCUT2D eigenvalue weighted by molar-refractivity contribution is 9.10. The van der Waals surface area contributed by atoms with Crippen LogP contribution < -0.4 is 5.32 Å². The molecular formula is C12H12BrFN2S. The van der Waals surface area contributed by atoms with Gasteiger partial charge in [0.05, 0.1) is 5.51 Å². The molecule has 1 aromatic carbocycles. The first-order valence-corrected chi connectivity index (χ1v) is 6.90. The second-order valence-electron chi connectivity index (χ2n) is 3.74. The van der Waals surface area contributed by atoms with Crippen molar-refractivity contribution in [1.82, 2.24) is 10.3 Å². The van der Waals surface area contributed by atoms with E-state index in [0.717, 1.165) is 9.35 Å². The van der Waals surface area contributed by atoms with Crippen LogP contribution in [0.2, 0.25) is 0 Å². The summed E-state index contributed by atoms with van der Waals surface area (Å²) < 4.78 is 14.4. The van der Waals surface area contributed by atoms with Gasteiger partial charge in [-0.1, -0.05) is 22.0 Å². The molecule has 0 aliphatic rings. The number of hydrogen-bond acceptors (Lipinski definition) is 3. The van der Waals surface area contributed by atoms with E-state index in [0.29, 0.717) is 12.1 Å². The maximum absolute atomic E-state index is 13.7. The Morgan fingerprint density at radius 2 is 2.35 bits per heavy atom. The van der Waals surface area contributed by atoms with Crippen molar-refractivity contribution in [3.05, 3.63) is 50.6 Å². The third kappa shape index (κ3) is 3.34. The number of nitrogens with zero attached hydrogens (tertiary/aromatic N) is 1. The zero-order chi connectivity index (χ0) is 12.3. The van der Waals surface area contributed by atoms with E-state index < -0.39 is 0 Å². The Hall–Kier alpha value is -0.780. The Morgan fingerprint density at radius 1 is 1.53 bits per heavy atom. The topological polar surface area (TPSA) is 24.9 Å². The summed E-state index contributed by atoms with van der Waals surface area (Å²) in [4.78, 5) is 5.15. The van der Waals surface area contributed by atoms with Crippen LogP contribution in [0, 0.1) is 5.82 Å². The summed E-state index contributed by atoms with van der Waals surface area (Å²) in [5.74, 6) is -0.191. The van der Waals surface area contributed by atoms with Crippen molar-refractivity contribution in [3.8, 4) is 0 Å². The normalized spacial score (nSPS) is 12.6. The van der Waals surface area contributed by atoms with E-state index in [1.807, 2.05) is 19.2 Å². The molecule has 0 spiro atoms. The molecule has 0 amide bonds. The molecule has 2 nitrogen and oxygen atoms in total. The number of thiazole rings is 1. The lowest BCUT2D eigenvalue weighted by Gasteiger charge is -2.14. The molecular weight excluding hydrogens is 303 g/mol. The minimum absolute atomic E-state index is 0.0230. The van der Waals surface area contributed by atoms with Crippen molar-refractivity contribution >= 4 is 27.3 Å². The van der Waals surface area contributed by atoms with Gasteiger partial charge in [-0.05, 0) is 19.1 Å². The highest BCUT2D eigenvalue weighted by Crippen LogP contribution is 2.21. The fourth-order valence-electron chi connectivity index (χ4n) is 1.55. The summed E-state index contributed by atoms with van der Waals surface area (Å²) in [7, 11) is 0. The predicted molar refractivity (Wildman–Crippen MR) is 71.5 cm³/mol. The lowest BCUT2D eigenvalue weighted by molar-refractivity contribution is 0.530. The smallest absolute Gasteiger partial charge is 0.129 e. The monoisotopic (exact) mass is 314 g/mol. The zero-order valence-electron chi connectivity index (χ0n) is 9.28. The Bertz CT molecular complexity index is 487. The van der Waals surface area contributed by atoms with Gasteiger partial charge in [-0.25, -0.2) is 4.39 Å². The standard InChI is InChI=1S/C12H12BrFN2S/c1-8(16-6-10-5-15-7-17-10)11-3-2-9(13)4-12(11)14/h2-5,7-8,16H,6H2,1H3. The third-order valence-corrected chi connectivity index (χ3v) is 3.77. The van der Waals surface area contributed by atoms with Gasteiger partial charge in [-0.15, -0.1) is 11.3 Å². The second-order valence-corrected chi connectivity index (χ2v) is 5.62. The molecule has 0 aliphatic carbocycles. The summed E-state index contributed by atoms with van der Waals surface area (Å²) in [5, 5.41) is 3.28. The van der Waals surface area contributed by atoms with Gasteiger partial charge in [0.15, 0.2) is 0 Å². The van der Waals surface area contributed by atoms with Crippen molar-refractivity contribution in [2.75, 3.05) is 0 Å². The first kappa shape index (κ1) is 12.7. The van der Waals surface area contributed by atoms with E-state index in [4.69, 9.17) is 0 Å². The Kier molecular flexibility index (Phi) is 4.25. The Morgan fingerprint density at radius 3 is 3.00 bits per heavy atom. The van der Waals surface area contributed by atoms with Crippen LogP contribution in [0.5, 0.6) is 0 Å². The van der Waals surface area contributed by atoms with E-state index >= 15 is 0 Å². The zero-order valence-corrected chi connectivity index (χ0v) is 11.7. The van der Waals surface area contributed by atoms with Gasteiger partial charge in [0.25, 0.3) is 0 Å². The van der Waals surface area contributed by atoms with Crippen molar-refractivity contribution in [2.24, 2.45) is 0 Å². The van der Waals surface area contributed by atoms with Crippen molar-refractivity contribution in [1.29, 1.82) is 0 Å². The molecule has 1 heterocycles. The van der Waals surface area contributed by atoms with Crippen molar-refractivity contribution in [3.63, 3.8) is 0 Å². The molecule has 5 heteroatoms. The maximum atomic E-state index is 13.7. The van der Waals surface area contributed by atoms with E-state index in [2.05, 4.69) is 26.2 Å². The van der Waals surface area contributed by atoms with Crippen LogP contribution >= 0.6 is 27.3 Å². The largest absolute Gasteiger partial charge is 0.305 e. The second kappa shape index (κ2) is 5.71. The number of rotatable bonds is 4. The molecule has 1 N–H and O–H groups in total. The molecule has 17 heavy (non-hydrogen) atoms. The van der Waals surface area contributed by atoms with E-state index in [-0.39, 0.29) is 11.9 Å². The molecule has 0 radical (unpaired) electrons. The molecule has 1 atom stereocenters. The minimum atomic E-state index is -0.191. The molecule has 0 bridgehead atoms. The molecule has 0 saturated carbocycles. The molecule has 1 aromatic heterocycles. The van der Waals surface area contributed by atoms with Crippen molar-refractivity contribution in [2.45, 2.75) is 19.5 Å². The average Bonchev–Trinajstić information content (AvgIpc) is 2.78. The number of aromatic nitrogens is 1. The Balaban J connectivity index is 2.01. The maximum Gasteiger partial charge on any atom is 0.129 e. The van der Waals surface area contributed by atoms with E-state index in [1.165, 1.54) is 6.07 Å². The van der Waals surface area contributed by atoms with Gasteiger partial charge >= 0.3 is 0 Å². The number of hydrogen-bond donors (Lipinski definition) is 1. The van der Waals surface area contributed by atoms with Crippen LogP contribution in [0.4, 0.5) is 4.39 Å². The lowest BCUT2D eigenvalue weighted by Crippen LogP contribution is -2.18. The van der Waals surface area contributed by atoms with Crippen LogP contribution in [0.1, 0.15) is 23.4 Å². The van der Waals surface area contributed by atoms with Crippen LogP contribution in [-0.2, 0) is 6.54 Å². The summed E-state index contributed by atoms with van der Waals surface area (Å²) >= 11 is 4.84. The van der Waals surface area contributed by atoms with Crippen LogP contribution in [0.25, 0.3) is 0 Å². The van der Waals surface area contributed by atoms with E-state index in [9.17, 15) is 4.39 Å². The minimum Gasteiger partial charge on any atom is -0.305 e. The summed E-state index contributed by atoms with van der Waals surface area (Å²) in [5.41, 5.74) is 2.47. The first-order valence-electron chi connectivity index (χ1n) is 5.22. The summed E-state index contributed by atoms with van der Waals surface area (Å²) in [6.45, 7) is 2.66. The fourth-order valence-corrected chi connectivity index (χ4v) is 2.42. The number of nitrogens with one attached hydrogen (secondary N) is 1. The quantitative estimate of drug-likeness (QED) is 0.926. The van der Waals surface area contributed by atoms with Gasteiger partial charge < -0.3 is 5.32 Å².